The molecule has 35 heavy (non-hydrogen) atoms. The van der Waals surface area contributed by atoms with Gasteiger partial charge in [-0.1, -0.05) is 17.7 Å². The normalized spacial score (nSPS) is 17.0. The van der Waals surface area contributed by atoms with E-state index >= 15 is 0 Å². The first-order valence-corrected chi connectivity index (χ1v) is 11.0. The van der Waals surface area contributed by atoms with Crippen molar-refractivity contribution in [2.45, 2.75) is 38.1 Å². The van der Waals surface area contributed by atoms with Crippen LogP contribution < -0.4 is 15.1 Å². The number of nitrogens with zero attached hydrogens (tertiary/aromatic N) is 2. The van der Waals surface area contributed by atoms with Crippen LogP contribution in [0.4, 0.5) is 13.2 Å². The summed E-state index contributed by atoms with van der Waals surface area (Å²) in [7, 11) is 0. The molecule has 0 bridgehead atoms. The van der Waals surface area contributed by atoms with Gasteiger partial charge in [-0.2, -0.15) is 13.2 Å². The Labute approximate surface area is 202 Å². The molecule has 0 fully saturated rings. The van der Waals surface area contributed by atoms with E-state index in [2.05, 4.69) is 9.97 Å². The van der Waals surface area contributed by atoms with E-state index in [1.165, 1.54) is 30.6 Å². The lowest BCUT2D eigenvalue weighted by atomic mass is 9.90. The van der Waals surface area contributed by atoms with Gasteiger partial charge in [0.1, 0.15) is 29.4 Å². The van der Waals surface area contributed by atoms with Crippen LogP contribution in [0.5, 0.6) is 11.6 Å². The van der Waals surface area contributed by atoms with E-state index in [1.54, 1.807) is 12.1 Å². The molecular weight excluding hydrogens is 485 g/mol. The first kappa shape index (κ1) is 23.2. The quantitative estimate of drug-likeness (QED) is 0.316. The summed E-state index contributed by atoms with van der Waals surface area (Å²) in [6, 6.07) is 11.6. The molecule has 1 aliphatic rings. The predicted molar refractivity (Wildman–Crippen MR) is 123 cm³/mol. The van der Waals surface area contributed by atoms with E-state index < -0.39 is 34.1 Å². The van der Waals surface area contributed by atoms with Crippen LogP contribution in [0.15, 0.2) is 64.1 Å². The third-order valence-corrected chi connectivity index (χ3v) is 6.16. The van der Waals surface area contributed by atoms with Gasteiger partial charge < -0.3 is 13.9 Å². The predicted octanol–water partition coefficient (Wildman–Crippen LogP) is 6.08. The minimum atomic E-state index is -4.59. The minimum absolute atomic E-state index is 0.190. The SMILES string of the molecule is CC1(C)Oc2cc3oc(=O)ccc3cc2C[C@@H]1Oc1cc(-c2ccc(Cl)c(C(F)(F)F)c2)ncn1. The van der Waals surface area contributed by atoms with E-state index in [-0.39, 0.29) is 17.1 Å². The second-order valence-electron chi connectivity index (χ2n) is 8.70. The van der Waals surface area contributed by atoms with E-state index in [1.807, 2.05) is 19.9 Å². The van der Waals surface area contributed by atoms with Gasteiger partial charge in [0.25, 0.3) is 0 Å². The van der Waals surface area contributed by atoms with Crippen molar-refractivity contribution in [3.63, 3.8) is 0 Å². The first-order chi connectivity index (χ1) is 16.5. The third kappa shape index (κ3) is 4.55. The lowest BCUT2D eigenvalue weighted by molar-refractivity contribution is -0.137. The summed E-state index contributed by atoms with van der Waals surface area (Å²) in [4.78, 5) is 19.8. The molecule has 0 spiro atoms. The number of benzene rings is 2. The van der Waals surface area contributed by atoms with E-state index in [4.69, 9.17) is 25.5 Å². The molecule has 4 aromatic rings. The number of aromatic nitrogens is 2. The Morgan fingerprint density at radius 3 is 2.66 bits per heavy atom. The topological polar surface area (TPSA) is 74.5 Å². The van der Waals surface area contributed by atoms with Crippen LogP contribution in [0, 0.1) is 0 Å². The molecule has 0 saturated heterocycles. The van der Waals surface area contributed by atoms with Crippen LogP contribution in [0.3, 0.4) is 0 Å². The zero-order chi connectivity index (χ0) is 25.0. The standard InChI is InChI=1S/C25H18ClF3N2O4/c1-24(2)21(9-15-7-14-4-6-23(32)33-19(14)11-20(15)35-24)34-22-10-18(30-12-31-22)13-3-5-17(26)16(8-13)25(27,28)29/h3-8,10-12,21H,9H2,1-2H3/t21-/m0/s1. The molecule has 0 radical (unpaired) electrons. The van der Waals surface area contributed by atoms with Crippen molar-refractivity contribution in [1.82, 2.24) is 9.97 Å². The highest BCUT2D eigenvalue weighted by atomic mass is 35.5. The summed E-state index contributed by atoms with van der Waals surface area (Å²) in [5.74, 6) is 0.774. The summed E-state index contributed by atoms with van der Waals surface area (Å²) >= 11 is 5.73. The lowest BCUT2D eigenvalue weighted by Crippen LogP contribution is -2.49. The maximum absolute atomic E-state index is 13.3. The molecule has 0 amide bonds. The molecule has 180 valence electrons. The fourth-order valence-corrected chi connectivity index (χ4v) is 4.21. The smallest absolute Gasteiger partial charge is 0.417 e. The maximum atomic E-state index is 13.3. The molecule has 0 aliphatic carbocycles. The first-order valence-electron chi connectivity index (χ1n) is 10.6. The van der Waals surface area contributed by atoms with Crippen molar-refractivity contribution < 1.29 is 27.1 Å². The number of ether oxygens (including phenoxy) is 2. The van der Waals surface area contributed by atoms with Gasteiger partial charge in [-0.25, -0.2) is 14.8 Å². The molecule has 0 saturated carbocycles. The number of fused-ring (bicyclic) bond motifs is 2. The zero-order valence-corrected chi connectivity index (χ0v) is 19.3. The second kappa shape index (κ2) is 8.27. The van der Waals surface area contributed by atoms with E-state index in [0.29, 0.717) is 17.8 Å². The molecule has 1 atom stereocenters. The number of rotatable bonds is 3. The average Bonchev–Trinajstić information content (AvgIpc) is 2.78. The van der Waals surface area contributed by atoms with E-state index in [9.17, 15) is 18.0 Å². The number of alkyl halides is 3. The van der Waals surface area contributed by atoms with Crippen molar-refractivity contribution in [3.05, 3.63) is 81.4 Å². The van der Waals surface area contributed by atoms with Gasteiger partial charge in [0.05, 0.1) is 16.3 Å². The van der Waals surface area contributed by atoms with Gasteiger partial charge in [-0.15, -0.1) is 0 Å². The summed E-state index contributed by atoms with van der Waals surface area (Å²) in [5.41, 5.74) is -0.412. The van der Waals surface area contributed by atoms with Gasteiger partial charge in [0, 0.05) is 35.6 Å². The molecule has 6 nitrogen and oxygen atoms in total. The Balaban J connectivity index is 1.45. The average molecular weight is 503 g/mol. The van der Waals surface area contributed by atoms with Gasteiger partial charge in [0.2, 0.25) is 5.88 Å². The lowest BCUT2D eigenvalue weighted by Gasteiger charge is -2.39. The highest BCUT2D eigenvalue weighted by molar-refractivity contribution is 6.31. The minimum Gasteiger partial charge on any atom is -0.484 e. The molecule has 0 unspecified atom stereocenters. The molecule has 10 heteroatoms. The molecule has 5 rings (SSSR count). The number of hydrogen-bond donors (Lipinski definition) is 0. The molecule has 2 aromatic carbocycles. The molecule has 2 aromatic heterocycles. The van der Waals surface area contributed by atoms with E-state index in [0.717, 1.165) is 17.0 Å². The summed E-state index contributed by atoms with van der Waals surface area (Å²) in [5, 5.41) is 0.358. The Kier molecular flexibility index (Phi) is 5.47. The summed E-state index contributed by atoms with van der Waals surface area (Å²) < 4.78 is 57.4. The number of halogens is 4. The van der Waals surface area contributed by atoms with Crippen LogP contribution in [0.2, 0.25) is 5.02 Å². The van der Waals surface area contributed by atoms with Gasteiger partial charge in [-0.05, 0) is 43.7 Å². The molecule has 3 heterocycles. The van der Waals surface area contributed by atoms with Crippen LogP contribution in [-0.2, 0) is 12.6 Å². The second-order valence-corrected chi connectivity index (χ2v) is 9.11. The van der Waals surface area contributed by atoms with Crippen LogP contribution in [-0.4, -0.2) is 21.7 Å². The van der Waals surface area contributed by atoms with Crippen molar-refractivity contribution in [1.29, 1.82) is 0 Å². The third-order valence-electron chi connectivity index (χ3n) is 5.83. The summed E-state index contributed by atoms with van der Waals surface area (Å²) in [6.45, 7) is 3.70. The zero-order valence-electron chi connectivity index (χ0n) is 18.5. The molecule has 0 N–H and O–H groups in total. The van der Waals surface area contributed by atoms with Crippen molar-refractivity contribution in [2.75, 3.05) is 0 Å². The summed E-state index contributed by atoms with van der Waals surface area (Å²) in [6.07, 6.45) is -3.37. The van der Waals surface area contributed by atoms with Crippen molar-refractivity contribution in [3.8, 4) is 22.9 Å². The van der Waals surface area contributed by atoms with Crippen molar-refractivity contribution in [2.24, 2.45) is 0 Å². The Morgan fingerprint density at radius 2 is 1.89 bits per heavy atom. The van der Waals surface area contributed by atoms with Crippen LogP contribution in [0.25, 0.3) is 22.2 Å². The fraction of sp³-hybridized carbons (Fsp3) is 0.240. The van der Waals surface area contributed by atoms with Gasteiger partial charge >= 0.3 is 11.8 Å². The van der Waals surface area contributed by atoms with Crippen molar-refractivity contribution >= 4 is 22.6 Å². The largest absolute Gasteiger partial charge is 0.484 e. The van der Waals surface area contributed by atoms with Crippen LogP contribution >= 0.6 is 11.6 Å². The molecule has 1 aliphatic heterocycles. The van der Waals surface area contributed by atoms with Gasteiger partial charge in [-0.3, -0.25) is 0 Å². The molecular formula is C25H18ClF3N2O4. The fourth-order valence-electron chi connectivity index (χ4n) is 3.99. The van der Waals surface area contributed by atoms with Gasteiger partial charge in [0.15, 0.2) is 0 Å². The Hall–Kier alpha value is -3.59. The highest BCUT2D eigenvalue weighted by Gasteiger charge is 2.39. The Morgan fingerprint density at radius 1 is 1.09 bits per heavy atom. The Bertz CT molecular complexity index is 1500. The number of hydrogen-bond acceptors (Lipinski definition) is 6. The highest BCUT2D eigenvalue weighted by Crippen LogP contribution is 2.39. The van der Waals surface area contributed by atoms with Crippen LogP contribution in [0.1, 0.15) is 25.0 Å². The monoisotopic (exact) mass is 502 g/mol. The maximum Gasteiger partial charge on any atom is 0.417 e.